The van der Waals surface area contributed by atoms with Gasteiger partial charge < -0.3 is 14.6 Å². The molecule has 1 aliphatic heterocycles. The molecular weight excluding hydrogens is 330 g/mol. The Morgan fingerprint density at radius 3 is 2.73 bits per heavy atom. The first kappa shape index (κ1) is 17.6. The first-order valence-corrected chi connectivity index (χ1v) is 8.19. The molecule has 0 amide bonds. The molecule has 0 spiro atoms. The van der Waals surface area contributed by atoms with Crippen LogP contribution in [-0.4, -0.2) is 42.9 Å². The highest BCUT2D eigenvalue weighted by Crippen LogP contribution is 2.32. The van der Waals surface area contributed by atoms with Crippen molar-refractivity contribution in [3.63, 3.8) is 0 Å². The van der Waals surface area contributed by atoms with Crippen LogP contribution in [0.5, 0.6) is 11.5 Å². The quantitative estimate of drug-likeness (QED) is 0.841. The summed E-state index contributed by atoms with van der Waals surface area (Å²) in [6.45, 7) is 0.706. The molecule has 0 saturated heterocycles. The third-order valence-corrected chi connectivity index (χ3v) is 3.81. The summed E-state index contributed by atoms with van der Waals surface area (Å²) in [5.74, 6) is 6.91. The van der Waals surface area contributed by atoms with E-state index in [-0.39, 0.29) is 13.3 Å². The number of carbonyl (C=O) groups is 1. The minimum absolute atomic E-state index is 0.0197. The number of ether oxygens (including phenoxy) is 2. The molecule has 0 radical (unpaired) electrons. The van der Waals surface area contributed by atoms with E-state index in [1.807, 2.05) is 54.6 Å². The van der Waals surface area contributed by atoms with Gasteiger partial charge in [-0.3, -0.25) is 9.69 Å². The molecule has 0 bridgehead atoms. The highest BCUT2D eigenvalue weighted by atomic mass is 16.7. The first-order chi connectivity index (χ1) is 12.6. The molecule has 1 N–H and O–H groups in total. The molecule has 0 atom stereocenters. The third kappa shape index (κ3) is 4.65. The Morgan fingerprint density at radius 2 is 1.96 bits per heavy atom. The Bertz CT molecular complexity index is 878. The van der Waals surface area contributed by atoms with Gasteiger partial charge in [0, 0.05) is 17.7 Å². The van der Waals surface area contributed by atoms with Crippen molar-refractivity contribution in [2.45, 2.75) is 0 Å². The fraction of sp³-hybridized carbons (Fsp3) is 0.190. The standard InChI is InChI=1S/C21H19NO4/c1-22(14-21(23)24)12-11-18(17-5-3-2-4-6-17)9-7-16-8-10-19-20(13-16)26-15-25-19/h2-6,8,10-11,13H,12,14-15H2,1H3,(H,23,24). The van der Waals surface area contributed by atoms with Crippen LogP contribution in [0.15, 0.2) is 54.6 Å². The predicted molar refractivity (Wildman–Crippen MR) is 99.0 cm³/mol. The second-order valence-electron chi connectivity index (χ2n) is 5.89. The van der Waals surface area contributed by atoms with Gasteiger partial charge in [-0.25, -0.2) is 0 Å². The van der Waals surface area contributed by atoms with Crippen molar-refractivity contribution in [1.29, 1.82) is 0 Å². The number of allylic oxidation sites excluding steroid dienone is 1. The van der Waals surface area contributed by atoms with E-state index >= 15 is 0 Å². The van der Waals surface area contributed by atoms with Crippen molar-refractivity contribution in [3.8, 4) is 23.3 Å². The molecule has 0 aliphatic carbocycles. The topological polar surface area (TPSA) is 59.0 Å². The minimum Gasteiger partial charge on any atom is -0.480 e. The lowest BCUT2D eigenvalue weighted by molar-refractivity contribution is -0.137. The van der Waals surface area contributed by atoms with E-state index in [0.717, 1.165) is 22.4 Å². The van der Waals surface area contributed by atoms with Crippen LogP contribution in [-0.2, 0) is 4.79 Å². The number of hydrogen-bond donors (Lipinski definition) is 1. The molecule has 5 nitrogen and oxygen atoms in total. The second kappa shape index (κ2) is 8.24. The molecule has 0 saturated carbocycles. The Hall–Kier alpha value is -3.23. The average Bonchev–Trinajstić information content (AvgIpc) is 3.09. The monoisotopic (exact) mass is 349 g/mol. The van der Waals surface area contributed by atoms with Crippen LogP contribution in [0.25, 0.3) is 5.57 Å². The molecule has 5 heteroatoms. The first-order valence-electron chi connectivity index (χ1n) is 8.19. The smallest absolute Gasteiger partial charge is 0.317 e. The maximum atomic E-state index is 10.8. The van der Waals surface area contributed by atoms with Crippen molar-refractivity contribution < 1.29 is 19.4 Å². The zero-order valence-corrected chi connectivity index (χ0v) is 14.4. The Balaban J connectivity index is 1.84. The lowest BCUT2D eigenvalue weighted by atomic mass is 10.1. The summed E-state index contributed by atoms with van der Waals surface area (Å²) in [5.41, 5.74) is 2.67. The summed E-state index contributed by atoms with van der Waals surface area (Å²) in [6.07, 6.45) is 1.94. The number of nitrogens with zero attached hydrogens (tertiary/aromatic N) is 1. The number of benzene rings is 2. The van der Waals surface area contributed by atoms with Crippen molar-refractivity contribution in [1.82, 2.24) is 4.90 Å². The fourth-order valence-corrected chi connectivity index (χ4v) is 2.52. The van der Waals surface area contributed by atoms with Crippen molar-refractivity contribution in [3.05, 3.63) is 65.7 Å². The van der Waals surface area contributed by atoms with Crippen LogP contribution in [0.3, 0.4) is 0 Å². The van der Waals surface area contributed by atoms with Gasteiger partial charge in [-0.05, 0) is 30.8 Å². The summed E-state index contributed by atoms with van der Waals surface area (Å²) in [6, 6.07) is 15.4. The zero-order chi connectivity index (χ0) is 18.4. The molecular formula is C21H19NO4. The van der Waals surface area contributed by atoms with Gasteiger partial charge in [-0.15, -0.1) is 0 Å². The lowest BCUT2D eigenvalue weighted by Crippen LogP contribution is -2.25. The van der Waals surface area contributed by atoms with Crippen LogP contribution in [0, 0.1) is 11.8 Å². The highest BCUT2D eigenvalue weighted by molar-refractivity contribution is 5.80. The lowest BCUT2D eigenvalue weighted by Gasteiger charge is -2.11. The predicted octanol–water partition coefficient (Wildman–Crippen LogP) is 2.87. The number of likely N-dealkylation sites (N-methyl/N-ethyl adjacent to an activating group) is 1. The number of aliphatic carboxylic acids is 1. The molecule has 26 heavy (non-hydrogen) atoms. The number of carboxylic acid groups (broad SMARTS) is 1. The maximum absolute atomic E-state index is 10.8. The summed E-state index contributed by atoms with van der Waals surface area (Å²) < 4.78 is 10.7. The summed E-state index contributed by atoms with van der Waals surface area (Å²) in [4.78, 5) is 12.5. The van der Waals surface area contributed by atoms with Gasteiger partial charge in [0.2, 0.25) is 6.79 Å². The van der Waals surface area contributed by atoms with Crippen LogP contribution < -0.4 is 9.47 Å². The van der Waals surface area contributed by atoms with E-state index in [9.17, 15) is 4.79 Å². The van der Waals surface area contributed by atoms with Gasteiger partial charge >= 0.3 is 5.97 Å². The van der Waals surface area contributed by atoms with E-state index < -0.39 is 5.97 Å². The molecule has 0 aromatic heterocycles. The molecule has 132 valence electrons. The van der Waals surface area contributed by atoms with Gasteiger partial charge in [0.1, 0.15) is 0 Å². The van der Waals surface area contributed by atoms with Crippen molar-refractivity contribution >= 4 is 11.5 Å². The molecule has 3 rings (SSSR count). The molecule has 0 unspecified atom stereocenters. The SMILES string of the molecule is CN(CC=C(C#Cc1ccc2c(c1)OCO2)c1ccccc1)CC(=O)O. The Morgan fingerprint density at radius 1 is 1.19 bits per heavy atom. The number of fused-ring (bicyclic) bond motifs is 1. The van der Waals surface area contributed by atoms with E-state index in [1.54, 1.807) is 11.9 Å². The van der Waals surface area contributed by atoms with E-state index in [2.05, 4.69) is 11.8 Å². The number of rotatable bonds is 5. The second-order valence-corrected chi connectivity index (χ2v) is 5.89. The van der Waals surface area contributed by atoms with E-state index in [0.29, 0.717) is 12.3 Å². The van der Waals surface area contributed by atoms with Gasteiger partial charge in [-0.2, -0.15) is 0 Å². The summed E-state index contributed by atoms with van der Waals surface area (Å²) in [7, 11) is 1.76. The number of hydrogen-bond acceptors (Lipinski definition) is 4. The van der Waals surface area contributed by atoms with Gasteiger partial charge in [-0.1, -0.05) is 48.2 Å². The van der Waals surface area contributed by atoms with E-state index in [1.165, 1.54) is 0 Å². The minimum atomic E-state index is -0.853. The van der Waals surface area contributed by atoms with Crippen LogP contribution in [0.2, 0.25) is 0 Å². The normalized spacial score (nSPS) is 12.6. The Kier molecular flexibility index (Phi) is 5.57. The van der Waals surface area contributed by atoms with Crippen molar-refractivity contribution in [2.75, 3.05) is 26.9 Å². The van der Waals surface area contributed by atoms with Crippen LogP contribution in [0.1, 0.15) is 11.1 Å². The van der Waals surface area contributed by atoms with E-state index in [4.69, 9.17) is 14.6 Å². The third-order valence-electron chi connectivity index (χ3n) is 3.81. The Labute approximate surface area is 152 Å². The molecule has 2 aromatic carbocycles. The zero-order valence-electron chi connectivity index (χ0n) is 14.4. The molecule has 1 aliphatic rings. The number of carboxylic acids is 1. The molecule has 2 aromatic rings. The van der Waals surface area contributed by atoms with Gasteiger partial charge in [0.05, 0.1) is 6.54 Å². The maximum Gasteiger partial charge on any atom is 0.317 e. The van der Waals surface area contributed by atoms with Gasteiger partial charge in [0.25, 0.3) is 0 Å². The van der Waals surface area contributed by atoms with Gasteiger partial charge in [0.15, 0.2) is 11.5 Å². The largest absolute Gasteiger partial charge is 0.480 e. The summed E-state index contributed by atoms with van der Waals surface area (Å²) >= 11 is 0. The molecule has 1 heterocycles. The summed E-state index contributed by atoms with van der Waals surface area (Å²) in [5, 5.41) is 8.88. The van der Waals surface area contributed by atoms with Crippen LogP contribution in [0.4, 0.5) is 0 Å². The highest BCUT2D eigenvalue weighted by Gasteiger charge is 2.12. The molecule has 0 fully saturated rings. The fourth-order valence-electron chi connectivity index (χ4n) is 2.52. The van der Waals surface area contributed by atoms with Crippen molar-refractivity contribution in [2.24, 2.45) is 0 Å². The van der Waals surface area contributed by atoms with Crippen LogP contribution >= 0.6 is 0 Å². The average molecular weight is 349 g/mol.